The van der Waals surface area contributed by atoms with E-state index in [1.54, 1.807) is 0 Å². The Hall–Kier alpha value is -0.360. The second kappa shape index (κ2) is 5.95. The lowest BCUT2D eigenvalue weighted by molar-refractivity contribution is -0.184. The zero-order valence-corrected chi connectivity index (χ0v) is 12.6. The van der Waals surface area contributed by atoms with Crippen molar-refractivity contribution in [1.82, 2.24) is 0 Å². The molecule has 19 heavy (non-hydrogen) atoms. The molecule has 0 spiro atoms. The monoisotopic (exact) mass is 354 g/mol. The second-order valence-corrected chi connectivity index (χ2v) is 6.88. The largest absolute Gasteiger partial charge is 0.391 e. The molecule has 0 unspecified atom stereocenters. The number of Topliss-reactive ketones (excluding diaryl/α,β-unsaturated/α-hetero) is 1. The molecule has 0 N–H and O–H groups in total. The van der Waals surface area contributed by atoms with Crippen LogP contribution in [0.15, 0.2) is 15.9 Å². The molecule has 1 fully saturated rings. The normalized spacial score (nSPS) is 24.4. The van der Waals surface area contributed by atoms with Crippen LogP contribution < -0.4 is 0 Å². The van der Waals surface area contributed by atoms with Crippen molar-refractivity contribution >= 4 is 33.0 Å². The van der Waals surface area contributed by atoms with Gasteiger partial charge in [-0.05, 0) is 47.7 Å². The molecule has 2 rings (SSSR count). The zero-order valence-electron chi connectivity index (χ0n) is 10.2. The highest BCUT2D eigenvalue weighted by Gasteiger charge is 2.42. The highest BCUT2D eigenvalue weighted by molar-refractivity contribution is 9.10. The SMILES string of the molecule is O=C(Cc1cc(Br)cs1)C1CCC(C(F)(F)F)CC1. The zero-order chi connectivity index (χ0) is 14.0. The standard InChI is InChI=1S/C13H14BrF3OS/c14-10-5-11(19-7-10)6-12(18)8-1-3-9(4-2-8)13(15,16)17/h5,7-9H,1-4,6H2. The maximum absolute atomic E-state index is 12.5. The van der Waals surface area contributed by atoms with Crippen molar-refractivity contribution in [1.29, 1.82) is 0 Å². The van der Waals surface area contributed by atoms with Crippen LogP contribution in [0.1, 0.15) is 30.6 Å². The Bertz CT molecular complexity index is 447. The van der Waals surface area contributed by atoms with Crippen LogP contribution in [0.3, 0.4) is 0 Å². The summed E-state index contributed by atoms with van der Waals surface area (Å²) in [6.07, 6.45) is -2.84. The van der Waals surface area contributed by atoms with Gasteiger partial charge in [0.2, 0.25) is 0 Å². The number of rotatable bonds is 3. The fourth-order valence-corrected chi connectivity index (χ4v) is 3.97. The van der Waals surface area contributed by atoms with Crippen LogP contribution in [-0.4, -0.2) is 12.0 Å². The van der Waals surface area contributed by atoms with Crippen LogP contribution in [0, 0.1) is 11.8 Å². The summed E-state index contributed by atoms with van der Waals surface area (Å²) in [5.74, 6) is -1.33. The van der Waals surface area contributed by atoms with Crippen LogP contribution in [0.2, 0.25) is 0 Å². The fraction of sp³-hybridized carbons (Fsp3) is 0.615. The van der Waals surface area contributed by atoms with Gasteiger partial charge in [0.15, 0.2) is 0 Å². The fourth-order valence-electron chi connectivity index (χ4n) is 2.51. The summed E-state index contributed by atoms with van der Waals surface area (Å²) in [5.41, 5.74) is 0. The van der Waals surface area contributed by atoms with Gasteiger partial charge in [-0.15, -0.1) is 11.3 Å². The van der Waals surface area contributed by atoms with E-state index in [0.717, 1.165) is 9.35 Å². The molecule has 0 radical (unpaired) electrons. The van der Waals surface area contributed by atoms with Crippen molar-refractivity contribution in [2.45, 2.75) is 38.3 Å². The first-order valence-electron chi connectivity index (χ1n) is 6.18. The Morgan fingerprint density at radius 2 is 1.95 bits per heavy atom. The van der Waals surface area contributed by atoms with Gasteiger partial charge in [0, 0.05) is 27.1 Å². The number of alkyl halides is 3. The van der Waals surface area contributed by atoms with Gasteiger partial charge in [-0.3, -0.25) is 4.79 Å². The minimum Gasteiger partial charge on any atom is -0.299 e. The predicted molar refractivity (Wildman–Crippen MR) is 72.2 cm³/mol. The number of hydrogen-bond acceptors (Lipinski definition) is 2. The molecule has 0 amide bonds. The number of hydrogen-bond donors (Lipinski definition) is 0. The molecular formula is C13H14BrF3OS. The highest BCUT2D eigenvalue weighted by Crippen LogP contribution is 2.40. The molecule has 1 aromatic rings. The molecule has 6 heteroatoms. The van der Waals surface area contributed by atoms with Crippen LogP contribution in [0.5, 0.6) is 0 Å². The summed E-state index contributed by atoms with van der Waals surface area (Å²) in [6, 6.07) is 1.89. The van der Waals surface area contributed by atoms with E-state index in [2.05, 4.69) is 15.9 Å². The topological polar surface area (TPSA) is 17.1 Å². The van der Waals surface area contributed by atoms with Gasteiger partial charge in [-0.2, -0.15) is 13.2 Å². The molecule has 0 saturated heterocycles. The van der Waals surface area contributed by atoms with Crippen LogP contribution >= 0.6 is 27.3 Å². The number of halogens is 4. The van der Waals surface area contributed by atoms with E-state index in [9.17, 15) is 18.0 Å². The molecule has 0 bridgehead atoms. The Morgan fingerprint density at radius 3 is 2.42 bits per heavy atom. The third kappa shape index (κ3) is 4.05. The quantitative estimate of drug-likeness (QED) is 0.747. The molecule has 0 aliphatic heterocycles. The van der Waals surface area contributed by atoms with Crippen molar-refractivity contribution in [2.24, 2.45) is 11.8 Å². The average Bonchev–Trinajstić information content (AvgIpc) is 2.74. The first-order valence-corrected chi connectivity index (χ1v) is 7.86. The lowest BCUT2D eigenvalue weighted by Crippen LogP contribution is -2.30. The summed E-state index contributed by atoms with van der Waals surface area (Å²) in [7, 11) is 0. The van der Waals surface area contributed by atoms with E-state index in [1.807, 2.05) is 11.4 Å². The van der Waals surface area contributed by atoms with Crippen LogP contribution in [-0.2, 0) is 11.2 Å². The van der Waals surface area contributed by atoms with Gasteiger partial charge >= 0.3 is 6.18 Å². The van der Waals surface area contributed by atoms with E-state index in [0.29, 0.717) is 19.3 Å². The third-order valence-corrected chi connectivity index (χ3v) is 5.31. The molecule has 1 aliphatic rings. The molecular weight excluding hydrogens is 341 g/mol. The van der Waals surface area contributed by atoms with Gasteiger partial charge in [0.25, 0.3) is 0 Å². The second-order valence-electron chi connectivity index (χ2n) is 4.96. The van der Waals surface area contributed by atoms with E-state index in [-0.39, 0.29) is 24.5 Å². The van der Waals surface area contributed by atoms with Crippen molar-refractivity contribution in [3.8, 4) is 0 Å². The van der Waals surface area contributed by atoms with Crippen LogP contribution in [0.25, 0.3) is 0 Å². The summed E-state index contributed by atoms with van der Waals surface area (Å²) in [5, 5.41) is 1.91. The summed E-state index contributed by atoms with van der Waals surface area (Å²) < 4.78 is 38.5. The lowest BCUT2D eigenvalue weighted by Gasteiger charge is -2.28. The smallest absolute Gasteiger partial charge is 0.299 e. The average molecular weight is 355 g/mol. The lowest BCUT2D eigenvalue weighted by atomic mass is 9.79. The Morgan fingerprint density at radius 1 is 1.32 bits per heavy atom. The molecule has 1 heterocycles. The number of carbonyl (C=O) groups is 1. The van der Waals surface area contributed by atoms with Crippen LogP contribution in [0.4, 0.5) is 13.2 Å². The minimum absolute atomic E-state index is 0.0787. The summed E-state index contributed by atoms with van der Waals surface area (Å²) in [6.45, 7) is 0. The number of carbonyl (C=O) groups excluding carboxylic acids is 1. The first-order chi connectivity index (χ1) is 8.86. The third-order valence-electron chi connectivity index (χ3n) is 3.62. The molecule has 106 valence electrons. The highest BCUT2D eigenvalue weighted by atomic mass is 79.9. The Kier molecular flexibility index (Phi) is 4.71. The molecule has 0 atom stereocenters. The van der Waals surface area contributed by atoms with E-state index in [1.165, 1.54) is 11.3 Å². The first kappa shape index (κ1) is 15.0. The number of thiophene rings is 1. The maximum Gasteiger partial charge on any atom is 0.391 e. The summed E-state index contributed by atoms with van der Waals surface area (Å²) in [4.78, 5) is 13.0. The van der Waals surface area contributed by atoms with E-state index in [4.69, 9.17) is 0 Å². The Balaban J connectivity index is 1.86. The number of ketones is 1. The molecule has 0 aromatic carbocycles. The minimum atomic E-state index is -4.10. The van der Waals surface area contributed by atoms with Gasteiger partial charge in [0.1, 0.15) is 5.78 Å². The van der Waals surface area contributed by atoms with Gasteiger partial charge in [-0.25, -0.2) is 0 Å². The van der Waals surface area contributed by atoms with Gasteiger partial charge in [0.05, 0.1) is 5.92 Å². The van der Waals surface area contributed by atoms with Crippen molar-refractivity contribution in [3.63, 3.8) is 0 Å². The maximum atomic E-state index is 12.5. The van der Waals surface area contributed by atoms with Gasteiger partial charge in [-0.1, -0.05) is 0 Å². The molecule has 1 aliphatic carbocycles. The molecule has 1 nitrogen and oxygen atoms in total. The summed E-state index contributed by atoms with van der Waals surface area (Å²) >= 11 is 4.82. The Labute approximate surface area is 122 Å². The van der Waals surface area contributed by atoms with E-state index >= 15 is 0 Å². The van der Waals surface area contributed by atoms with Crippen molar-refractivity contribution in [2.75, 3.05) is 0 Å². The van der Waals surface area contributed by atoms with Crippen molar-refractivity contribution < 1.29 is 18.0 Å². The molecule has 1 saturated carbocycles. The molecule has 1 aromatic heterocycles. The van der Waals surface area contributed by atoms with Crippen molar-refractivity contribution in [3.05, 3.63) is 20.8 Å². The van der Waals surface area contributed by atoms with Gasteiger partial charge < -0.3 is 0 Å². The predicted octanol–water partition coefficient (Wildman–Crippen LogP) is 4.99. The van der Waals surface area contributed by atoms with E-state index < -0.39 is 12.1 Å².